The van der Waals surface area contributed by atoms with Crippen molar-refractivity contribution in [1.82, 2.24) is 0 Å². The molecule has 0 radical (unpaired) electrons. The molecule has 1 aliphatic heterocycles. The van der Waals surface area contributed by atoms with Gasteiger partial charge in [0.25, 0.3) is 5.91 Å². The smallest absolute Gasteiger partial charge is 0.255 e. The summed E-state index contributed by atoms with van der Waals surface area (Å²) in [5.74, 6) is 0.326. The van der Waals surface area contributed by atoms with E-state index >= 15 is 0 Å². The summed E-state index contributed by atoms with van der Waals surface area (Å²) in [6.45, 7) is 0.739. The lowest BCUT2D eigenvalue weighted by Crippen LogP contribution is -2.33. The normalized spacial score (nSPS) is 15.7. The Bertz CT molecular complexity index is 1100. The number of anilines is 2. The number of nitrogens with one attached hydrogen (secondary N) is 1. The highest BCUT2D eigenvalue weighted by molar-refractivity contribution is 6.05. The van der Waals surface area contributed by atoms with E-state index in [1.807, 2.05) is 65.6 Å². The summed E-state index contributed by atoms with van der Waals surface area (Å²) in [6, 6.07) is 23.6. The van der Waals surface area contributed by atoms with Gasteiger partial charge in [0.2, 0.25) is 5.91 Å². The molecule has 3 aromatic rings. The van der Waals surface area contributed by atoms with Crippen LogP contribution in [0.15, 0.2) is 72.8 Å². The second kappa shape index (κ2) is 8.38. The van der Waals surface area contributed by atoms with Gasteiger partial charge in [-0.2, -0.15) is 0 Å². The Balaban J connectivity index is 1.28. The van der Waals surface area contributed by atoms with Crippen LogP contribution in [0.4, 0.5) is 11.4 Å². The Morgan fingerprint density at radius 1 is 0.839 bits per heavy atom. The fourth-order valence-electron chi connectivity index (χ4n) is 4.75. The minimum atomic E-state index is -0.128. The standard InChI is InChI=1S/C27H26N2O2/c30-26(21-12-10-20(11-13-21)19-6-2-1-3-7-19)28-24-14-15-25-23(18-24)16-17-29(25)27(31)22-8-4-5-9-22/h1-3,6-7,10-15,18,22H,4-5,8-9,16-17H2,(H,28,30). The number of hydrogen-bond donors (Lipinski definition) is 1. The lowest BCUT2D eigenvalue weighted by molar-refractivity contribution is -0.122. The Hall–Kier alpha value is -3.40. The molecule has 3 aromatic carbocycles. The molecule has 2 aliphatic rings. The van der Waals surface area contributed by atoms with Gasteiger partial charge in [0, 0.05) is 29.4 Å². The number of amides is 2. The fourth-order valence-corrected chi connectivity index (χ4v) is 4.75. The lowest BCUT2D eigenvalue weighted by Gasteiger charge is -2.21. The van der Waals surface area contributed by atoms with E-state index in [0.29, 0.717) is 5.56 Å². The number of hydrogen-bond acceptors (Lipinski definition) is 2. The van der Waals surface area contributed by atoms with Crippen LogP contribution in [-0.4, -0.2) is 18.4 Å². The summed E-state index contributed by atoms with van der Waals surface area (Å²) in [5.41, 5.74) is 5.74. The van der Waals surface area contributed by atoms with Crippen LogP contribution in [0.2, 0.25) is 0 Å². The van der Waals surface area contributed by atoms with Gasteiger partial charge in [0.1, 0.15) is 0 Å². The zero-order chi connectivity index (χ0) is 21.2. The molecule has 5 rings (SSSR count). The Labute approximate surface area is 182 Å². The molecule has 156 valence electrons. The fraction of sp³-hybridized carbons (Fsp3) is 0.259. The average Bonchev–Trinajstić information content (AvgIpc) is 3.49. The minimum absolute atomic E-state index is 0.128. The highest BCUT2D eigenvalue weighted by Crippen LogP contribution is 2.35. The highest BCUT2D eigenvalue weighted by atomic mass is 16.2. The first-order valence-corrected chi connectivity index (χ1v) is 11.1. The first-order chi connectivity index (χ1) is 15.2. The van der Waals surface area contributed by atoms with E-state index in [9.17, 15) is 9.59 Å². The molecule has 0 bridgehead atoms. The summed E-state index contributed by atoms with van der Waals surface area (Å²) in [7, 11) is 0. The first-order valence-electron chi connectivity index (χ1n) is 11.1. The van der Waals surface area contributed by atoms with Crippen molar-refractivity contribution in [3.05, 3.63) is 83.9 Å². The van der Waals surface area contributed by atoms with Crippen molar-refractivity contribution in [1.29, 1.82) is 0 Å². The SMILES string of the molecule is O=C(Nc1ccc2c(c1)CCN2C(=O)C1CCCC1)c1ccc(-c2ccccc2)cc1. The van der Waals surface area contributed by atoms with Crippen LogP contribution in [0.5, 0.6) is 0 Å². The third-order valence-electron chi connectivity index (χ3n) is 6.46. The molecule has 31 heavy (non-hydrogen) atoms. The van der Waals surface area contributed by atoms with Crippen molar-refractivity contribution in [2.45, 2.75) is 32.1 Å². The van der Waals surface area contributed by atoms with Crippen molar-refractivity contribution in [3.8, 4) is 11.1 Å². The maximum Gasteiger partial charge on any atom is 0.255 e. The first kappa shape index (κ1) is 19.6. The molecule has 0 spiro atoms. The highest BCUT2D eigenvalue weighted by Gasteiger charge is 2.31. The Morgan fingerprint density at radius 3 is 2.29 bits per heavy atom. The lowest BCUT2D eigenvalue weighted by atomic mass is 10.0. The summed E-state index contributed by atoms with van der Waals surface area (Å²) in [4.78, 5) is 27.5. The van der Waals surface area contributed by atoms with E-state index in [1.165, 1.54) is 0 Å². The van der Waals surface area contributed by atoms with Crippen LogP contribution >= 0.6 is 0 Å². The molecule has 1 N–H and O–H groups in total. The van der Waals surface area contributed by atoms with Crippen LogP contribution in [0.25, 0.3) is 11.1 Å². The maximum atomic E-state index is 12.8. The largest absolute Gasteiger partial charge is 0.322 e. The molecular formula is C27H26N2O2. The van der Waals surface area contributed by atoms with Crippen molar-refractivity contribution in [2.75, 3.05) is 16.8 Å². The number of carbonyl (C=O) groups excluding carboxylic acids is 2. The van der Waals surface area contributed by atoms with E-state index in [1.54, 1.807) is 0 Å². The maximum absolute atomic E-state index is 12.8. The van der Waals surface area contributed by atoms with Gasteiger partial charge in [-0.25, -0.2) is 0 Å². The van der Waals surface area contributed by atoms with Crippen molar-refractivity contribution in [3.63, 3.8) is 0 Å². The molecule has 1 saturated carbocycles. The van der Waals surface area contributed by atoms with Gasteiger partial charge >= 0.3 is 0 Å². The summed E-state index contributed by atoms with van der Waals surface area (Å²) >= 11 is 0. The topological polar surface area (TPSA) is 49.4 Å². The predicted molar refractivity (Wildman–Crippen MR) is 124 cm³/mol. The molecule has 0 saturated heterocycles. The van der Waals surface area contributed by atoms with Crippen LogP contribution in [0.1, 0.15) is 41.6 Å². The number of carbonyl (C=O) groups is 2. The van der Waals surface area contributed by atoms with E-state index in [0.717, 1.165) is 66.7 Å². The molecule has 4 nitrogen and oxygen atoms in total. The van der Waals surface area contributed by atoms with E-state index in [2.05, 4.69) is 17.4 Å². The Kier molecular flexibility index (Phi) is 5.29. The van der Waals surface area contributed by atoms with Gasteiger partial charge in [0.15, 0.2) is 0 Å². The van der Waals surface area contributed by atoms with E-state index in [4.69, 9.17) is 0 Å². The molecule has 1 fully saturated rings. The van der Waals surface area contributed by atoms with Gasteiger partial charge in [-0.05, 0) is 66.3 Å². The number of nitrogens with zero attached hydrogens (tertiary/aromatic N) is 1. The number of rotatable bonds is 4. The monoisotopic (exact) mass is 410 g/mol. The summed E-state index contributed by atoms with van der Waals surface area (Å²) in [6.07, 6.45) is 5.19. The van der Waals surface area contributed by atoms with Crippen molar-refractivity contribution < 1.29 is 9.59 Å². The molecular weight excluding hydrogens is 384 g/mol. The van der Waals surface area contributed by atoms with Gasteiger partial charge in [-0.15, -0.1) is 0 Å². The predicted octanol–water partition coefficient (Wildman–Crippen LogP) is 5.69. The molecule has 0 unspecified atom stereocenters. The number of fused-ring (bicyclic) bond motifs is 1. The van der Waals surface area contributed by atoms with Gasteiger partial charge < -0.3 is 10.2 Å². The van der Waals surface area contributed by atoms with Crippen LogP contribution < -0.4 is 10.2 Å². The summed E-state index contributed by atoms with van der Waals surface area (Å²) < 4.78 is 0. The zero-order valence-electron chi connectivity index (χ0n) is 17.5. The Morgan fingerprint density at radius 2 is 1.55 bits per heavy atom. The zero-order valence-corrected chi connectivity index (χ0v) is 17.5. The summed E-state index contributed by atoms with van der Waals surface area (Å²) in [5, 5.41) is 3.00. The van der Waals surface area contributed by atoms with E-state index < -0.39 is 0 Å². The van der Waals surface area contributed by atoms with E-state index in [-0.39, 0.29) is 17.7 Å². The molecule has 1 heterocycles. The molecule has 1 aliphatic carbocycles. The van der Waals surface area contributed by atoms with Crippen LogP contribution in [0, 0.1) is 5.92 Å². The van der Waals surface area contributed by atoms with Gasteiger partial charge in [-0.1, -0.05) is 55.3 Å². The third kappa shape index (κ3) is 3.98. The second-order valence-corrected chi connectivity index (χ2v) is 8.46. The second-order valence-electron chi connectivity index (χ2n) is 8.46. The third-order valence-corrected chi connectivity index (χ3v) is 6.46. The molecule has 0 aromatic heterocycles. The van der Waals surface area contributed by atoms with Crippen LogP contribution in [-0.2, 0) is 11.2 Å². The molecule has 4 heteroatoms. The van der Waals surface area contributed by atoms with Gasteiger partial charge in [0.05, 0.1) is 0 Å². The minimum Gasteiger partial charge on any atom is -0.322 e. The van der Waals surface area contributed by atoms with Crippen LogP contribution in [0.3, 0.4) is 0 Å². The number of benzene rings is 3. The average molecular weight is 411 g/mol. The molecule has 2 amide bonds. The van der Waals surface area contributed by atoms with Crippen molar-refractivity contribution in [2.24, 2.45) is 5.92 Å². The van der Waals surface area contributed by atoms with Gasteiger partial charge in [-0.3, -0.25) is 9.59 Å². The quantitative estimate of drug-likeness (QED) is 0.601. The molecule has 0 atom stereocenters. The van der Waals surface area contributed by atoms with Crippen molar-refractivity contribution >= 4 is 23.2 Å².